The van der Waals surface area contributed by atoms with Crippen LogP contribution in [0.5, 0.6) is 11.5 Å². The van der Waals surface area contributed by atoms with Gasteiger partial charge in [-0.15, -0.1) is 0 Å². The molecule has 10 rings (SSSR count). The van der Waals surface area contributed by atoms with Gasteiger partial charge in [0.2, 0.25) is 0 Å². The molecule has 10 nitrogen and oxygen atoms in total. The number of benzene rings is 6. The van der Waals surface area contributed by atoms with E-state index in [1.54, 1.807) is 0 Å². The van der Waals surface area contributed by atoms with Gasteiger partial charge >= 0.3 is 51.4 Å². The molecule has 360 valence electrons. The van der Waals surface area contributed by atoms with Gasteiger partial charge in [0, 0.05) is 37.0 Å². The zero-order valence-electron chi connectivity index (χ0n) is 40.2. The third-order valence-corrected chi connectivity index (χ3v) is 15.7. The third kappa shape index (κ3) is 18.9. The molecular weight excluding hydrogens is 932 g/mol. The number of rotatable bonds is 6. The molecule has 3 fully saturated rings. The van der Waals surface area contributed by atoms with Gasteiger partial charge in [-0.25, -0.2) is 0 Å². The molecule has 69 heavy (non-hydrogen) atoms. The van der Waals surface area contributed by atoms with Crippen molar-refractivity contribution >= 4 is 59.0 Å². The van der Waals surface area contributed by atoms with E-state index in [2.05, 4.69) is 158 Å². The number of fused-ring (bicyclic) bond motifs is 2. The van der Waals surface area contributed by atoms with Gasteiger partial charge in [-0.2, -0.15) is 0 Å². The number of hydrogen-bond acceptors (Lipinski definition) is 9. The van der Waals surface area contributed by atoms with Gasteiger partial charge in [-0.3, -0.25) is 0 Å². The fourth-order valence-corrected chi connectivity index (χ4v) is 12.3. The number of hydrogen-bond donors (Lipinski definition) is 0. The monoisotopic (exact) mass is 997 g/mol. The van der Waals surface area contributed by atoms with Gasteiger partial charge in [-0.1, -0.05) is 169 Å². The SMILES string of the molecule is C1CCOC1.C1CCOC1.C1COCCOCCOCCOCCOCCO1.[K+].c1ccc(P(c2ccccc2)c2cccc3c2Oc2c(cccc2P(c2ccccc2)c2ccccc2)[N-]3)cc1. The fourth-order valence-electron chi connectivity index (χ4n) is 7.50. The number of ether oxygens (including phenoxy) is 9. The van der Waals surface area contributed by atoms with Crippen LogP contribution in [0.2, 0.25) is 0 Å². The van der Waals surface area contributed by atoms with Gasteiger partial charge < -0.3 is 47.9 Å². The molecule has 0 N–H and O–H groups in total. The van der Waals surface area contributed by atoms with Gasteiger partial charge in [0.25, 0.3) is 0 Å². The Morgan fingerprint density at radius 3 is 0.754 bits per heavy atom. The molecule has 3 saturated heterocycles. The van der Waals surface area contributed by atoms with Crippen LogP contribution in [0, 0.1) is 0 Å². The molecule has 6 aromatic carbocycles. The maximum absolute atomic E-state index is 7.03. The van der Waals surface area contributed by atoms with Crippen LogP contribution >= 0.6 is 15.8 Å². The first kappa shape index (κ1) is 55.4. The smallest absolute Gasteiger partial charge is 0.652 e. The summed E-state index contributed by atoms with van der Waals surface area (Å²) >= 11 is 0. The van der Waals surface area contributed by atoms with Crippen molar-refractivity contribution in [3.8, 4) is 11.5 Å². The first-order valence-electron chi connectivity index (χ1n) is 23.9. The molecule has 0 radical (unpaired) electrons. The minimum absolute atomic E-state index is 0. The first-order valence-corrected chi connectivity index (χ1v) is 26.6. The second-order valence-electron chi connectivity index (χ2n) is 15.8. The van der Waals surface area contributed by atoms with E-state index in [9.17, 15) is 0 Å². The summed E-state index contributed by atoms with van der Waals surface area (Å²) in [6.07, 6.45) is 5.11. The predicted octanol–water partition coefficient (Wildman–Crippen LogP) is 6.34. The molecule has 0 bridgehead atoms. The molecule has 0 atom stereocenters. The van der Waals surface area contributed by atoms with Crippen LogP contribution in [0.3, 0.4) is 0 Å². The third-order valence-electron chi connectivity index (χ3n) is 10.8. The Morgan fingerprint density at radius 1 is 0.275 bits per heavy atom. The van der Waals surface area contributed by atoms with E-state index in [0.29, 0.717) is 79.3 Å². The van der Waals surface area contributed by atoms with Crippen LogP contribution in [-0.2, 0) is 37.9 Å². The predicted molar refractivity (Wildman–Crippen MR) is 278 cm³/mol. The maximum atomic E-state index is 7.03. The van der Waals surface area contributed by atoms with Crippen LogP contribution in [0.1, 0.15) is 25.7 Å². The van der Waals surface area contributed by atoms with Crippen LogP contribution in [0.4, 0.5) is 11.4 Å². The average Bonchev–Trinajstić information content (AvgIpc) is 4.20. The van der Waals surface area contributed by atoms with Crippen molar-refractivity contribution in [2.24, 2.45) is 0 Å². The van der Waals surface area contributed by atoms with Crippen molar-refractivity contribution in [2.45, 2.75) is 25.7 Å². The van der Waals surface area contributed by atoms with Gasteiger partial charge in [0.15, 0.2) is 0 Å². The quantitative estimate of drug-likeness (QED) is 0.140. The summed E-state index contributed by atoms with van der Waals surface area (Å²) in [5.41, 5.74) is 1.76. The van der Waals surface area contributed by atoms with Gasteiger partial charge in [0.05, 0.1) is 79.3 Å². The Labute approximate surface area is 455 Å². The van der Waals surface area contributed by atoms with Crippen LogP contribution in [0.15, 0.2) is 158 Å². The summed E-state index contributed by atoms with van der Waals surface area (Å²) in [4.78, 5) is 0. The molecule has 4 aliphatic rings. The Kier molecular flexibility index (Phi) is 27.1. The summed E-state index contributed by atoms with van der Waals surface area (Å²) in [5.74, 6) is 1.72. The van der Waals surface area contributed by atoms with Crippen molar-refractivity contribution in [1.29, 1.82) is 0 Å². The van der Waals surface area contributed by atoms with Crippen molar-refractivity contribution < 1.29 is 94.0 Å². The van der Waals surface area contributed by atoms with E-state index in [1.165, 1.54) is 57.5 Å². The topological polar surface area (TPSA) is 97.2 Å². The maximum Gasteiger partial charge on any atom is 1.00 e. The Hall–Kier alpha value is -2.90. The molecular formula is C56H66KNO9P2. The molecule has 4 aliphatic heterocycles. The molecule has 0 spiro atoms. The van der Waals surface area contributed by atoms with Gasteiger partial charge in [-0.05, 0) is 62.7 Å². The fraction of sp³-hybridized carbons (Fsp3) is 0.357. The normalized spacial score (nSPS) is 16.6. The van der Waals surface area contributed by atoms with E-state index in [0.717, 1.165) is 49.3 Å². The van der Waals surface area contributed by atoms with E-state index in [-0.39, 0.29) is 51.4 Å². The van der Waals surface area contributed by atoms with E-state index in [1.807, 2.05) is 0 Å². The summed E-state index contributed by atoms with van der Waals surface area (Å²) < 4.78 is 48.9. The molecule has 0 aliphatic carbocycles. The molecule has 0 unspecified atom stereocenters. The van der Waals surface area contributed by atoms with Crippen molar-refractivity contribution in [3.05, 3.63) is 163 Å². The Morgan fingerprint density at radius 2 is 0.522 bits per heavy atom. The van der Waals surface area contributed by atoms with Crippen LogP contribution < -0.4 is 87.9 Å². The summed E-state index contributed by atoms with van der Waals surface area (Å²) in [5, 5.41) is 12.7. The van der Waals surface area contributed by atoms with Crippen molar-refractivity contribution in [1.82, 2.24) is 0 Å². The number of para-hydroxylation sites is 2. The molecule has 6 aromatic rings. The zero-order chi connectivity index (χ0) is 46.5. The largest absolute Gasteiger partial charge is 1.00 e. The summed E-state index contributed by atoms with van der Waals surface area (Å²) in [6.45, 7) is 11.0. The van der Waals surface area contributed by atoms with E-state index in [4.69, 9.17) is 47.9 Å². The molecule has 0 saturated carbocycles. The molecule has 0 amide bonds. The summed E-state index contributed by atoms with van der Waals surface area (Å²) in [6, 6.07) is 55.8. The second kappa shape index (κ2) is 33.7. The van der Waals surface area contributed by atoms with Gasteiger partial charge in [0.1, 0.15) is 11.5 Å². The van der Waals surface area contributed by atoms with Crippen LogP contribution in [0.25, 0.3) is 5.32 Å². The molecule has 13 heteroatoms. The first-order chi connectivity index (χ1) is 33.9. The number of nitrogens with zero attached hydrogens (tertiary/aromatic N) is 1. The zero-order valence-corrected chi connectivity index (χ0v) is 45.1. The van der Waals surface area contributed by atoms with E-state index >= 15 is 0 Å². The van der Waals surface area contributed by atoms with Crippen molar-refractivity contribution in [2.75, 3.05) is 106 Å². The standard InChI is InChI=1S/C36H26NOP2.C12H24O6.2C4H8O.K/c1-5-15-27(16-6-1)39(28-17-7-2-8-18-28)33-25-13-23-31-35(33)38-36-32(37-31)24-14-26-34(36)40(29-19-9-3-10-20-29)30-21-11-4-12-22-30;1-2-14-5-6-16-9-10-18-12-11-17-8-7-15-4-3-13-1;2*1-2-4-5-3-1;/h1-26H;1-12H2;2*1-4H2;/q-1;;;;+1. The average molecular weight is 998 g/mol. The van der Waals surface area contributed by atoms with Crippen molar-refractivity contribution in [3.63, 3.8) is 0 Å². The van der Waals surface area contributed by atoms with E-state index < -0.39 is 15.8 Å². The van der Waals surface area contributed by atoms with Crippen LogP contribution in [-0.4, -0.2) is 106 Å². The Bertz CT molecular complexity index is 1950. The Balaban J connectivity index is 0.000000222. The molecule has 4 heterocycles. The molecule has 0 aromatic heterocycles. The minimum Gasteiger partial charge on any atom is -0.652 e. The minimum atomic E-state index is -0.842. The second-order valence-corrected chi connectivity index (χ2v) is 20.2. The summed E-state index contributed by atoms with van der Waals surface area (Å²) in [7, 11) is -1.68.